The van der Waals surface area contributed by atoms with Gasteiger partial charge in [-0.3, -0.25) is 10.1 Å². The molecule has 2 aromatic carbocycles. The highest BCUT2D eigenvalue weighted by Crippen LogP contribution is 2.48. The number of nitrogens with zero attached hydrogens (tertiary/aromatic N) is 1. The summed E-state index contributed by atoms with van der Waals surface area (Å²) in [6, 6.07) is 18.3. The van der Waals surface area contributed by atoms with Crippen molar-refractivity contribution in [2.75, 3.05) is 0 Å². The van der Waals surface area contributed by atoms with E-state index in [1.807, 2.05) is 42.5 Å². The van der Waals surface area contributed by atoms with Gasteiger partial charge in [0.2, 0.25) is 0 Å². The number of fused-ring (bicyclic) bond motifs is 3. The van der Waals surface area contributed by atoms with Gasteiger partial charge in [-0.2, -0.15) is 0 Å². The zero-order valence-electron chi connectivity index (χ0n) is 12.7. The first-order valence-corrected chi connectivity index (χ1v) is 7.95. The number of rotatable bonds is 2. The van der Waals surface area contributed by atoms with Gasteiger partial charge in [-0.05, 0) is 35.1 Å². The molecule has 3 nitrogen and oxygen atoms in total. The first-order chi connectivity index (χ1) is 11.3. The molecule has 0 saturated heterocycles. The molecule has 2 aliphatic carbocycles. The Morgan fingerprint density at radius 2 is 1.70 bits per heavy atom. The van der Waals surface area contributed by atoms with E-state index in [-0.39, 0.29) is 16.8 Å². The van der Waals surface area contributed by atoms with Crippen molar-refractivity contribution in [2.45, 2.75) is 18.8 Å². The van der Waals surface area contributed by atoms with Crippen molar-refractivity contribution in [3.05, 3.63) is 99.3 Å². The minimum Gasteiger partial charge on any atom is -0.259 e. The summed E-state index contributed by atoms with van der Waals surface area (Å²) in [5, 5.41) is 11.6. The summed E-state index contributed by atoms with van der Waals surface area (Å²) >= 11 is 0. The Bertz CT molecular complexity index is 821. The lowest BCUT2D eigenvalue weighted by molar-refractivity contribution is -0.431. The van der Waals surface area contributed by atoms with Crippen molar-refractivity contribution < 1.29 is 4.92 Å². The molecule has 114 valence electrons. The van der Waals surface area contributed by atoms with Crippen LogP contribution in [0.4, 0.5) is 0 Å². The van der Waals surface area contributed by atoms with Gasteiger partial charge in [0.1, 0.15) is 0 Å². The standard InChI is InChI=1S/C20H17NO2/c22-21(23)19-13-12-17-16-9-5-4-6-14(16)10-11-18(17)20(19)15-7-2-1-3-8-15/h1-9,12-13,18,20H,10-11H2/t18-,20+/m0/s1. The molecule has 0 N–H and O–H groups in total. The van der Waals surface area contributed by atoms with E-state index in [1.165, 1.54) is 16.7 Å². The van der Waals surface area contributed by atoms with E-state index in [9.17, 15) is 10.1 Å². The van der Waals surface area contributed by atoms with Gasteiger partial charge in [0.15, 0.2) is 0 Å². The third kappa shape index (κ3) is 2.29. The molecule has 0 aromatic heterocycles. The second-order valence-corrected chi connectivity index (χ2v) is 6.16. The fourth-order valence-corrected chi connectivity index (χ4v) is 3.97. The normalized spacial score (nSPS) is 22.4. The molecule has 2 aliphatic rings. The molecule has 0 fully saturated rings. The SMILES string of the molecule is O=[N+]([O-])C1=CC=C2c3ccccc3CC[C@@H]2[C@H]1c1ccccc1. The number of benzene rings is 2. The smallest absolute Gasteiger partial charge is 0.254 e. The van der Waals surface area contributed by atoms with Crippen LogP contribution in [0.5, 0.6) is 0 Å². The summed E-state index contributed by atoms with van der Waals surface area (Å²) in [5.41, 5.74) is 5.18. The molecule has 23 heavy (non-hydrogen) atoms. The third-order valence-electron chi connectivity index (χ3n) is 4.98. The van der Waals surface area contributed by atoms with Gasteiger partial charge in [0.05, 0.1) is 10.8 Å². The first-order valence-electron chi connectivity index (χ1n) is 7.95. The maximum absolute atomic E-state index is 11.6. The maximum Gasteiger partial charge on any atom is 0.254 e. The quantitative estimate of drug-likeness (QED) is 0.601. The topological polar surface area (TPSA) is 43.1 Å². The summed E-state index contributed by atoms with van der Waals surface area (Å²) in [4.78, 5) is 11.3. The molecule has 2 atom stereocenters. The average molecular weight is 303 g/mol. The molecule has 0 radical (unpaired) electrons. The van der Waals surface area contributed by atoms with Gasteiger partial charge >= 0.3 is 0 Å². The zero-order chi connectivity index (χ0) is 15.8. The Morgan fingerprint density at radius 3 is 2.48 bits per heavy atom. The van der Waals surface area contributed by atoms with Crippen LogP contribution in [0.3, 0.4) is 0 Å². The van der Waals surface area contributed by atoms with Crippen LogP contribution in [0.25, 0.3) is 5.57 Å². The molecule has 0 unspecified atom stereocenters. The van der Waals surface area contributed by atoms with E-state index < -0.39 is 0 Å². The second kappa shape index (κ2) is 5.51. The summed E-state index contributed by atoms with van der Waals surface area (Å²) in [7, 11) is 0. The predicted octanol–water partition coefficient (Wildman–Crippen LogP) is 4.59. The van der Waals surface area contributed by atoms with Gasteiger partial charge in [-0.15, -0.1) is 0 Å². The van der Waals surface area contributed by atoms with E-state index in [2.05, 4.69) is 18.2 Å². The summed E-state index contributed by atoms with van der Waals surface area (Å²) in [6.07, 6.45) is 5.59. The van der Waals surface area contributed by atoms with Crippen LogP contribution >= 0.6 is 0 Å². The third-order valence-corrected chi connectivity index (χ3v) is 4.98. The minimum atomic E-state index is -0.217. The van der Waals surface area contributed by atoms with E-state index in [0.29, 0.717) is 5.70 Å². The van der Waals surface area contributed by atoms with Crippen molar-refractivity contribution in [3.63, 3.8) is 0 Å². The molecule has 0 bridgehead atoms. The highest BCUT2D eigenvalue weighted by molar-refractivity contribution is 5.75. The number of hydrogen-bond donors (Lipinski definition) is 0. The lowest BCUT2D eigenvalue weighted by atomic mass is 9.68. The molecular weight excluding hydrogens is 286 g/mol. The van der Waals surface area contributed by atoms with Crippen LogP contribution in [0.15, 0.2) is 72.4 Å². The van der Waals surface area contributed by atoms with Crippen LogP contribution in [0.2, 0.25) is 0 Å². The van der Waals surface area contributed by atoms with E-state index in [1.54, 1.807) is 6.08 Å². The van der Waals surface area contributed by atoms with Gasteiger partial charge in [-0.25, -0.2) is 0 Å². The summed E-state index contributed by atoms with van der Waals surface area (Å²) in [6.45, 7) is 0. The molecule has 0 saturated carbocycles. The van der Waals surface area contributed by atoms with Crippen molar-refractivity contribution in [1.82, 2.24) is 0 Å². The summed E-state index contributed by atoms with van der Waals surface area (Å²) in [5.74, 6) is 0.0113. The number of aryl methyl sites for hydroxylation is 1. The number of nitro groups is 1. The predicted molar refractivity (Wildman–Crippen MR) is 90.5 cm³/mol. The molecule has 0 spiro atoms. The molecular formula is C20H17NO2. The Hall–Kier alpha value is -2.68. The van der Waals surface area contributed by atoms with Gasteiger partial charge in [0.25, 0.3) is 5.70 Å². The Balaban J connectivity index is 1.87. The molecule has 2 aromatic rings. The lowest BCUT2D eigenvalue weighted by Gasteiger charge is -2.35. The minimum absolute atomic E-state index is 0.167. The fourth-order valence-electron chi connectivity index (χ4n) is 3.97. The van der Waals surface area contributed by atoms with Crippen LogP contribution < -0.4 is 0 Å². The lowest BCUT2D eigenvalue weighted by Crippen LogP contribution is -2.26. The molecule has 3 heteroatoms. The highest BCUT2D eigenvalue weighted by Gasteiger charge is 2.40. The van der Waals surface area contributed by atoms with Crippen LogP contribution in [-0.2, 0) is 6.42 Å². The van der Waals surface area contributed by atoms with Crippen molar-refractivity contribution >= 4 is 5.57 Å². The van der Waals surface area contributed by atoms with Crippen molar-refractivity contribution in [1.29, 1.82) is 0 Å². The van der Waals surface area contributed by atoms with Crippen LogP contribution in [0, 0.1) is 16.0 Å². The maximum atomic E-state index is 11.6. The number of allylic oxidation sites excluding steroid dienone is 4. The van der Waals surface area contributed by atoms with E-state index in [0.717, 1.165) is 18.4 Å². The van der Waals surface area contributed by atoms with Crippen molar-refractivity contribution in [3.8, 4) is 0 Å². The average Bonchev–Trinajstić information content (AvgIpc) is 2.61. The molecule has 0 heterocycles. The molecule has 0 aliphatic heterocycles. The van der Waals surface area contributed by atoms with E-state index >= 15 is 0 Å². The largest absolute Gasteiger partial charge is 0.259 e. The van der Waals surface area contributed by atoms with Crippen molar-refractivity contribution in [2.24, 2.45) is 5.92 Å². The Morgan fingerprint density at radius 1 is 0.957 bits per heavy atom. The van der Waals surface area contributed by atoms with Gasteiger partial charge < -0.3 is 0 Å². The Labute approximate surface area is 135 Å². The second-order valence-electron chi connectivity index (χ2n) is 6.16. The summed E-state index contributed by atoms with van der Waals surface area (Å²) < 4.78 is 0. The van der Waals surface area contributed by atoms with Gasteiger partial charge in [0, 0.05) is 12.0 Å². The van der Waals surface area contributed by atoms with Crippen LogP contribution in [-0.4, -0.2) is 4.92 Å². The Kier molecular flexibility index (Phi) is 3.34. The molecule has 0 amide bonds. The highest BCUT2D eigenvalue weighted by atomic mass is 16.6. The van der Waals surface area contributed by atoms with Gasteiger partial charge in [-0.1, -0.05) is 60.7 Å². The van der Waals surface area contributed by atoms with E-state index in [4.69, 9.17) is 0 Å². The number of hydrogen-bond acceptors (Lipinski definition) is 2. The fraction of sp³-hybridized carbons (Fsp3) is 0.200. The zero-order valence-corrected chi connectivity index (χ0v) is 12.7. The van der Waals surface area contributed by atoms with Crippen LogP contribution in [0.1, 0.15) is 29.0 Å². The molecule has 4 rings (SSSR count). The monoisotopic (exact) mass is 303 g/mol. The first kappa shape index (κ1) is 13.9.